The summed E-state index contributed by atoms with van der Waals surface area (Å²) in [7, 11) is 0. The molecule has 0 saturated carbocycles. The van der Waals surface area contributed by atoms with E-state index in [0.29, 0.717) is 13.1 Å². The van der Waals surface area contributed by atoms with Crippen LogP contribution in [0.1, 0.15) is 30.5 Å². The summed E-state index contributed by atoms with van der Waals surface area (Å²) in [4.78, 5) is 12.0. The molecule has 2 aromatic rings. The zero-order chi connectivity index (χ0) is 15.8. The summed E-state index contributed by atoms with van der Waals surface area (Å²) in [5.74, 6) is 0.0109. The van der Waals surface area contributed by atoms with E-state index in [4.69, 9.17) is 0 Å². The first-order chi connectivity index (χ1) is 10.7. The first-order valence-corrected chi connectivity index (χ1v) is 7.89. The van der Waals surface area contributed by atoms with Crippen molar-refractivity contribution in [1.29, 1.82) is 0 Å². The van der Waals surface area contributed by atoms with E-state index in [9.17, 15) is 4.79 Å². The topological polar surface area (TPSA) is 41.1 Å². The van der Waals surface area contributed by atoms with Gasteiger partial charge in [-0.15, -0.1) is 0 Å². The third kappa shape index (κ3) is 4.35. The Hall–Kier alpha value is -2.29. The molecule has 2 aromatic carbocycles. The van der Waals surface area contributed by atoms with Crippen molar-refractivity contribution in [3.05, 3.63) is 65.2 Å². The molecule has 0 fully saturated rings. The lowest BCUT2D eigenvalue weighted by molar-refractivity contribution is -0.119. The molecule has 0 spiro atoms. The van der Waals surface area contributed by atoms with Crippen molar-refractivity contribution in [2.75, 3.05) is 11.9 Å². The molecule has 0 aromatic heterocycles. The third-order valence-corrected chi connectivity index (χ3v) is 3.76. The van der Waals surface area contributed by atoms with E-state index in [1.165, 1.54) is 11.1 Å². The summed E-state index contributed by atoms with van der Waals surface area (Å²) in [6.45, 7) is 5.14. The van der Waals surface area contributed by atoms with Gasteiger partial charge < -0.3 is 10.6 Å². The zero-order valence-corrected chi connectivity index (χ0v) is 13.4. The Morgan fingerprint density at radius 1 is 0.909 bits per heavy atom. The molecular weight excluding hydrogens is 272 g/mol. The average Bonchev–Trinajstić information content (AvgIpc) is 2.58. The highest BCUT2D eigenvalue weighted by atomic mass is 16.1. The zero-order valence-electron chi connectivity index (χ0n) is 13.4. The first kappa shape index (κ1) is 16.1. The van der Waals surface area contributed by atoms with Crippen molar-refractivity contribution in [2.24, 2.45) is 0 Å². The van der Waals surface area contributed by atoms with Gasteiger partial charge in [-0.05, 0) is 29.5 Å². The van der Waals surface area contributed by atoms with E-state index >= 15 is 0 Å². The minimum Gasteiger partial charge on any atom is -0.376 e. The van der Waals surface area contributed by atoms with Gasteiger partial charge in [0.15, 0.2) is 0 Å². The van der Waals surface area contributed by atoms with Crippen LogP contribution in [-0.2, 0) is 24.2 Å². The minimum atomic E-state index is 0.0109. The van der Waals surface area contributed by atoms with Crippen molar-refractivity contribution in [3.63, 3.8) is 0 Å². The fourth-order valence-electron chi connectivity index (χ4n) is 2.50. The fourth-order valence-corrected chi connectivity index (χ4v) is 2.50. The summed E-state index contributed by atoms with van der Waals surface area (Å²) >= 11 is 0. The van der Waals surface area contributed by atoms with Crippen LogP contribution in [-0.4, -0.2) is 12.5 Å². The number of carbonyl (C=O) groups is 1. The number of benzene rings is 2. The van der Waals surface area contributed by atoms with Gasteiger partial charge >= 0.3 is 0 Å². The number of aryl methyl sites for hydroxylation is 2. The van der Waals surface area contributed by atoms with Crippen molar-refractivity contribution in [2.45, 2.75) is 33.2 Å². The average molecular weight is 296 g/mol. The molecule has 22 heavy (non-hydrogen) atoms. The molecule has 0 aliphatic carbocycles. The quantitative estimate of drug-likeness (QED) is 0.820. The number of carbonyl (C=O) groups excluding carboxylic acids is 1. The van der Waals surface area contributed by atoms with Crippen molar-refractivity contribution in [1.82, 2.24) is 5.32 Å². The highest BCUT2D eigenvalue weighted by Gasteiger charge is 2.07. The predicted octanol–water partition coefficient (Wildman–Crippen LogP) is 3.54. The van der Waals surface area contributed by atoms with Gasteiger partial charge in [0, 0.05) is 12.2 Å². The number of rotatable bonds is 7. The summed E-state index contributed by atoms with van der Waals surface area (Å²) < 4.78 is 0. The Labute approximate surface area is 132 Å². The summed E-state index contributed by atoms with van der Waals surface area (Å²) in [5, 5.41) is 6.25. The number of nitrogens with one attached hydrogen (secondary N) is 2. The molecule has 0 atom stereocenters. The normalized spacial score (nSPS) is 10.3. The molecule has 3 nitrogen and oxygen atoms in total. The van der Waals surface area contributed by atoms with E-state index < -0.39 is 0 Å². The van der Waals surface area contributed by atoms with Crippen LogP contribution in [0.25, 0.3) is 0 Å². The maximum absolute atomic E-state index is 12.0. The Kier molecular flexibility index (Phi) is 6.01. The van der Waals surface area contributed by atoms with Gasteiger partial charge in [-0.25, -0.2) is 0 Å². The van der Waals surface area contributed by atoms with Crippen LogP contribution in [0.3, 0.4) is 0 Å². The predicted molar refractivity (Wildman–Crippen MR) is 92.0 cm³/mol. The SMILES string of the molecule is CCc1cccc(CC)c1NCC(=O)NCc1ccccc1. The van der Waals surface area contributed by atoms with Crippen LogP contribution in [0.15, 0.2) is 48.5 Å². The molecule has 3 heteroatoms. The molecular formula is C19H24N2O. The molecule has 1 amide bonds. The lowest BCUT2D eigenvalue weighted by Gasteiger charge is -2.15. The summed E-state index contributed by atoms with van der Waals surface area (Å²) in [5.41, 5.74) is 4.74. The van der Waals surface area contributed by atoms with Crippen LogP contribution < -0.4 is 10.6 Å². The number of para-hydroxylation sites is 1. The Bertz CT molecular complexity index is 586. The lowest BCUT2D eigenvalue weighted by atomic mass is 10.0. The van der Waals surface area contributed by atoms with Crippen LogP contribution in [0.2, 0.25) is 0 Å². The molecule has 0 radical (unpaired) electrons. The number of anilines is 1. The Balaban J connectivity index is 1.91. The molecule has 2 N–H and O–H groups in total. The molecule has 0 heterocycles. The van der Waals surface area contributed by atoms with Crippen LogP contribution in [0.4, 0.5) is 5.69 Å². The van der Waals surface area contributed by atoms with Crippen molar-refractivity contribution in [3.8, 4) is 0 Å². The highest BCUT2D eigenvalue weighted by molar-refractivity contribution is 5.81. The minimum absolute atomic E-state index is 0.0109. The molecule has 0 aliphatic rings. The lowest BCUT2D eigenvalue weighted by Crippen LogP contribution is -2.29. The van der Waals surface area contributed by atoms with Gasteiger partial charge in [0.05, 0.1) is 6.54 Å². The molecule has 116 valence electrons. The van der Waals surface area contributed by atoms with Crippen molar-refractivity contribution >= 4 is 11.6 Å². The maximum Gasteiger partial charge on any atom is 0.239 e. The second-order valence-corrected chi connectivity index (χ2v) is 5.27. The van der Waals surface area contributed by atoms with Gasteiger partial charge in [0.1, 0.15) is 0 Å². The van der Waals surface area contributed by atoms with Crippen LogP contribution in [0.5, 0.6) is 0 Å². The third-order valence-electron chi connectivity index (χ3n) is 3.76. The van der Waals surface area contributed by atoms with E-state index in [0.717, 1.165) is 24.1 Å². The van der Waals surface area contributed by atoms with Gasteiger partial charge in [0.2, 0.25) is 5.91 Å². The number of amides is 1. The van der Waals surface area contributed by atoms with Gasteiger partial charge in [-0.2, -0.15) is 0 Å². The second kappa shape index (κ2) is 8.23. The smallest absolute Gasteiger partial charge is 0.239 e. The second-order valence-electron chi connectivity index (χ2n) is 5.27. The van der Waals surface area contributed by atoms with Crippen LogP contribution in [0, 0.1) is 0 Å². The van der Waals surface area contributed by atoms with Gasteiger partial charge in [0.25, 0.3) is 0 Å². The van der Waals surface area contributed by atoms with E-state index in [1.807, 2.05) is 30.3 Å². The highest BCUT2D eigenvalue weighted by Crippen LogP contribution is 2.22. The summed E-state index contributed by atoms with van der Waals surface area (Å²) in [6.07, 6.45) is 1.92. The van der Waals surface area contributed by atoms with E-state index in [1.54, 1.807) is 0 Å². The molecule has 0 unspecified atom stereocenters. The van der Waals surface area contributed by atoms with Gasteiger partial charge in [-0.3, -0.25) is 4.79 Å². The van der Waals surface area contributed by atoms with E-state index in [2.05, 4.69) is 42.7 Å². The fraction of sp³-hybridized carbons (Fsp3) is 0.316. The standard InChI is InChI=1S/C19H24N2O/c1-3-16-11-8-12-17(4-2)19(16)21-14-18(22)20-13-15-9-6-5-7-10-15/h5-12,21H,3-4,13-14H2,1-2H3,(H,20,22). The van der Waals surface area contributed by atoms with E-state index in [-0.39, 0.29) is 5.91 Å². The monoisotopic (exact) mass is 296 g/mol. The molecule has 2 rings (SSSR count). The van der Waals surface area contributed by atoms with Crippen molar-refractivity contribution < 1.29 is 4.79 Å². The summed E-state index contributed by atoms with van der Waals surface area (Å²) in [6, 6.07) is 16.3. The maximum atomic E-state index is 12.0. The Morgan fingerprint density at radius 2 is 1.55 bits per heavy atom. The largest absolute Gasteiger partial charge is 0.376 e. The Morgan fingerprint density at radius 3 is 2.14 bits per heavy atom. The number of hydrogen-bond donors (Lipinski definition) is 2. The van der Waals surface area contributed by atoms with Gasteiger partial charge in [-0.1, -0.05) is 62.4 Å². The molecule has 0 saturated heterocycles. The first-order valence-electron chi connectivity index (χ1n) is 7.89. The number of hydrogen-bond acceptors (Lipinski definition) is 2. The van der Waals surface area contributed by atoms with Crippen LogP contribution >= 0.6 is 0 Å². The molecule has 0 bridgehead atoms. The molecule has 0 aliphatic heterocycles.